The van der Waals surface area contributed by atoms with Crippen LogP contribution in [0.15, 0.2) is 56.1 Å². The molecular formula is C17H11Br2FO2. The summed E-state index contributed by atoms with van der Waals surface area (Å²) in [5.74, 6) is -0.0246. The Morgan fingerprint density at radius 3 is 2.59 bits per heavy atom. The molecule has 0 amide bonds. The number of rotatable bonds is 2. The van der Waals surface area contributed by atoms with Crippen molar-refractivity contribution in [3.05, 3.63) is 68.7 Å². The molecule has 1 unspecified atom stereocenters. The second-order valence-corrected chi connectivity index (χ2v) is 7.20. The lowest BCUT2D eigenvalue weighted by molar-refractivity contribution is 0.543. The molecule has 0 saturated carbocycles. The maximum absolute atomic E-state index is 14.2. The average molecular weight is 426 g/mol. The Morgan fingerprint density at radius 2 is 1.91 bits per heavy atom. The van der Waals surface area contributed by atoms with E-state index in [-0.39, 0.29) is 21.4 Å². The van der Waals surface area contributed by atoms with Crippen LogP contribution in [-0.4, -0.2) is 0 Å². The van der Waals surface area contributed by atoms with Gasteiger partial charge in [-0.15, -0.1) is 0 Å². The van der Waals surface area contributed by atoms with Crippen LogP contribution in [0.5, 0.6) is 0 Å². The van der Waals surface area contributed by atoms with Crippen molar-refractivity contribution in [3.63, 3.8) is 0 Å². The normalized spacial score (nSPS) is 12.5. The molecular weight excluding hydrogens is 415 g/mol. The van der Waals surface area contributed by atoms with E-state index in [0.29, 0.717) is 16.7 Å². The van der Waals surface area contributed by atoms with Gasteiger partial charge in [-0.25, -0.2) is 4.39 Å². The molecule has 22 heavy (non-hydrogen) atoms. The lowest BCUT2D eigenvalue weighted by Gasteiger charge is -2.12. The summed E-state index contributed by atoms with van der Waals surface area (Å²) in [5, 5.41) is 0.421. The van der Waals surface area contributed by atoms with Gasteiger partial charge in [0.2, 0.25) is 5.43 Å². The van der Waals surface area contributed by atoms with Gasteiger partial charge in [-0.1, -0.05) is 50.1 Å². The van der Waals surface area contributed by atoms with E-state index in [2.05, 4.69) is 31.9 Å². The van der Waals surface area contributed by atoms with Crippen molar-refractivity contribution in [2.75, 3.05) is 0 Å². The third-order valence-corrected chi connectivity index (χ3v) is 4.29. The minimum absolute atomic E-state index is 0.220. The van der Waals surface area contributed by atoms with Gasteiger partial charge in [-0.05, 0) is 31.2 Å². The van der Waals surface area contributed by atoms with Crippen LogP contribution < -0.4 is 5.43 Å². The molecule has 0 aliphatic carbocycles. The highest BCUT2D eigenvalue weighted by molar-refractivity contribution is 9.10. The fraction of sp³-hybridized carbons (Fsp3) is 0.118. The summed E-state index contributed by atoms with van der Waals surface area (Å²) in [6.45, 7) is 1.84. The average Bonchev–Trinajstić information content (AvgIpc) is 2.48. The standard InChI is InChI=1S/C17H11Br2FO2/c1-9(18)17-15(11-4-2-3-5-13(11)20)16(21)12-8-10(19)6-7-14(12)22-17/h2-9H,1H3. The van der Waals surface area contributed by atoms with Crippen molar-refractivity contribution in [3.8, 4) is 11.1 Å². The van der Waals surface area contributed by atoms with Crippen LogP contribution in [-0.2, 0) is 0 Å². The number of benzene rings is 2. The maximum atomic E-state index is 14.2. The number of hydrogen-bond acceptors (Lipinski definition) is 2. The van der Waals surface area contributed by atoms with Crippen molar-refractivity contribution in [1.82, 2.24) is 0 Å². The predicted molar refractivity (Wildman–Crippen MR) is 92.9 cm³/mol. The Morgan fingerprint density at radius 1 is 1.18 bits per heavy atom. The van der Waals surface area contributed by atoms with E-state index < -0.39 is 5.82 Å². The van der Waals surface area contributed by atoms with Crippen molar-refractivity contribution >= 4 is 42.8 Å². The van der Waals surface area contributed by atoms with Crippen LogP contribution in [0.3, 0.4) is 0 Å². The summed E-state index contributed by atoms with van der Waals surface area (Å²) in [6.07, 6.45) is 0. The van der Waals surface area contributed by atoms with Gasteiger partial charge in [-0.2, -0.15) is 0 Å². The van der Waals surface area contributed by atoms with Gasteiger partial charge in [0.1, 0.15) is 17.2 Å². The summed E-state index contributed by atoms with van der Waals surface area (Å²) in [5.41, 5.74) is 0.746. The Hall–Kier alpha value is -1.46. The third kappa shape index (κ3) is 2.63. The molecule has 3 rings (SSSR count). The highest BCUT2D eigenvalue weighted by Gasteiger charge is 2.21. The molecule has 0 bridgehead atoms. The first kappa shape index (κ1) is 15.4. The van der Waals surface area contributed by atoms with Crippen LogP contribution in [0.2, 0.25) is 0 Å². The van der Waals surface area contributed by atoms with Gasteiger partial charge < -0.3 is 4.42 Å². The lowest BCUT2D eigenvalue weighted by atomic mass is 10.0. The van der Waals surface area contributed by atoms with Gasteiger partial charge in [0.15, 0.2) is 0 Å². The zero-order valence-electron chi connectivity index (χ0n) is 11.6. The Balaban J connectivity index is 2.46. The number of fused-ring (bicyclic) bond motifs is 1. The SMILES string of the molecule is CC(Br)c1oc2ccc(Br)cc2c(=O)c1-c1ccccc1F. The third-order valence-electron chi connectivity index (χ3n) is 3.38. The summed E-state index contributed by atoms with van der Waals surface area (Å²) < 4.78 is 20.8. The first-order chi connectivity index (χ1) is 10.5. The van der Waals surface area contributed by atoms with E-state index in [1.54, 1.807) is 36.4 Å². The molecule has 0 saturated heterocycles. The zero-order chi connectivity index (χ0) is 15.9. The van der Waals surface area contributed by atoms with Crippen molar-refractivity contribution in [2.24, 2.45) is 0 Å². The van der Waals surface area contributed by atoms with Crippen molar-refractivity contribution in [1.29, 1.82) is 0 Å². The lowest BCUT2D eigenvalue weighted by Crippen LogP contribution is -2.10. The van der Waals surface area contributed by atoms with Crippen molar-refractivity contribution in [2.45, 2.75) is 11.8 Å². The van der Waals surface area contributed by atoms with Crippen LogP contribution in [0, 0.1) is 5.82 Å². The zero-order valence-corrected chi connectivity index (χ0v) is 14.7. The van der Waals surface area contributed by atoms with E-state index in [9.17, 15) is 9.18 Å². The fourth-order valence-electron chi connectivity index (χ4n) is 2.38. The molecule has 0 radical (unpaired) electrons. The maximum Gasteiger partial charge on any atom is 0.200 e. The van der Waals surface area contributed by atoms with Crippen LogP contribution in [0.1, 0.15) is 17.5 Å². The van der Waals surface area contributed by atoms with E-state index in [1.807, 2.05) is 6.92 Å². The number of hydrogen-bond donors (Lipinski definition) is 0. The molecule has 2 nitrogen and oxygen atoms in total. The second kappa shape index (κ2) is 5.97. The van der Waals surface area contributed by atoms with E-state index in [1.165, 1.54) is 6.07 Å². The van der Waals surface area contributed by atoms with Gasteiger partial charge in [0.05, 0.1) is 15.8 Å². The number of alkyl halides is 1. The minimum Gasteiger partial charge on any atom is -0.459 e. The summed E-state index contributed by atoms with van der Waals surface area (Å²) in [7, 11) is 0. The first-order valence-electron chi connectivity index (χ1n) is 6.64. The molecule has 0 aliphatic rings. The summed E-state index contributed by atoms with van der Waals surface area (Å²) in [4.78, 5) is 12.7. The van der Waals surface area contributed by atoms with E-state index >= 15 is 0 Å². The molecule has 0 spiro atoms. The topological polar surface area (TPSA) is 30.2 Å². The number of halogens is 3. The second-order valence-electron chi connectivity index (χ2n) is 4.91. The molecule has 5 heteroatoms. The van der Waals surface area contributed by atoms with Gasteiger partial charge >= 0.3 is 0 Å². The van der Waals surface area contributed by atoms with E-state index in [0.717, 1.165) is 4.47 Å². The van der Waals surface area contributed by atoms with Gasteiger partial charge in [-0.3, -0.25) is 4.79 Å². The summed E-state index contributed by atoms with van der Waals surface area (Å²) in [6, 6.07) is 11.4. The smallest absolute Gasteiger partial charge is 0.200 e. The molecule has 1 aromatic heterocycles. The van der Waals surface area contributed by atoms with Crippen LogP contribution in [0.25, 0.3) is 22.1 Å². The Kier molecular flexibility index (Phi) is 4.19. The monoisotopic (exact) mass is 424 g/mol. The molecule has 3 aromatic rings. The van der Waals surface area contributed by atoms with Crippen LogP contribution in [0.4, 0.5) is 4.39 Å². The minimum atomic E-state index is -0.446. The summed E-state index contributed by atoms with van der Waals surface area (Å²) >= 11 is 6.77. The molecule has 112 valence electrons. The quantitative estimate of drug-likeness (QED) is 0.484. The molecule has 0 fully saturated rings. The Bertz CT molecular complexity index is 916. The highest BCUT2D eigenvalue weighted by atomic mass is 79.9. The molecule has 2 aromatic carbocycles. The molecule has 0 N–H and O–H groups in total. The fourth-order valence-corrected chi connectivity index (χ4v) is 3.07. The van der Waals surface area contributed by atoms with Gasteiger partial charge in [0, 0.05) is 10.0 Å². The Labute approximate surface area is 143 Å². The van der Waals surface area contributed by atoms with Gasteiger partial charge in [0.25, 0.3) is 0 Å². The van der Waals surface area contributed by atoms with Crippen molar-refractivity contribution < 1.29 is 8.81 Å². The van der Waals surface area contributed by atoms with Crippen LogP contribution >= 0.6 is 31.9 Å². The molecule has 0 aliphatic heterocycles. The highest BCUT2D eigenvalue weighted by Crippen LogP contribution is 2.34. The largest absolute Gasteiger partial charge is 0.459 e. The van der Waals surface area contributed by atoms with E-state index in [4.69, 9.17) is 4.42 Å². The predicted octanol–water partition coefficient (Wildman–Crippen LogP) is 5.82. The molecule has 1 heterocycles. The first-order valence-corrected chi connectivity index (χ1v) is 8.35. The molecule has 1 atom stereocenters.